The molecule has 4 aromatic rings. The van der Waals surface area contributed by atoms with Crippen LogP contribution in [0.25, 0.3) is 11.0 Å². The molecule has 0 bridgehead atoms. The number of anilines is 1. The molecule has 1 aliphatic rings. The standard InChI is InChI=1S/C34H40ClN5O3/c1-22(34(2,3)4)40(33(42)43)30(19-23-9-6-5-7-10-23)25-14-17-29-28(20-25)37-32(39(29)21-27-11-8-18-36-27)38-31(41)24-12-15-26(35)16-13-24/h5-7,9-10,12-17,20,22,27,30,36H,8,11,18-19,21H2,1-4H3,(H,42,43)(H,37,38,41)/t22-,27?,30?/m0/s1. The summed E-state index contributed by atoms with van der Waals surface area (Å²) >= 11 is 6.03. The third-order valence-electron chi connectivity index (χ3n) is 8.55. The Morgan fingerprint density at radius 3 is 2.47 bits per heavy atom. The molecule has 9 heteroatoms. The van der Waals surface area contributed by atoms with E-state index in [0.717, 1.165) is 36.0 Å². The predicted octanol–water partition coefficient (Wildman–Crippen LogP) is 7.39. The van der Waals surface area contributed by atoms with Gasteiger partial charge in [-0.25, -0.2) is 9.78 Å². The first-order valence-corrected chi connectivity index (χ1v) is 15.2. The van der Waals surface area contributed by atoms with Crippen molar-refractivity contribution in [1.29, 1.82) is 0 Å². The Labute approximate surface area is 258 Å². The van der Waals surface area contributed by atoms with Gasteiger partial charge in [0.2, 0.25) is 5.95 Å². The predicted molar refractivity (Wildman–Crippen MR) is 172 cm³/mol. The van der Waals surface area contributed by atoms with E-state index in [2.05, 4.69) is 36.0 Å². The number of amides is 2. The molecule has 2 amide bonds. The van der Waals surface area contributed by atoms with Gasteiger partial charge < -0.3 is 15.0 Å². The van der Waals surface area contributed by atoms with Crippen LogP contribution in [-0.2, 0) is 13.0 Å². The normalized spacial score (nSPS) is 16.6. The van der Waals surface area contributed by atoms with Gasteiger partial charge in [-0.15, -0.1) is 0 Å². The summed E-state index contributed by atoms with van der Waals surface area (Å²) < 4.78 is 2.05. The van der Waals surface area contributed by atoms with Crippen LogP contribution in [0.15, 0.2) is 72.8 Å². The van der Waals surface area contributed by atoms with Crippen LogP contribution < -0.4 is 10.6 Å². The minimum atomic E-state index is -0.961. The molecule has 3 atom stereocenters. The van der Waals surface area contributed by atoms with Crippen LogP contribution in [0.1, 0.15) is 68.1 Å². The summed E-state index contributed by atoms with van der Waals surface area (Å²) in [5, 5.41) is 17.6. The fourth-order valence-electron chi connectivity index (χ4n) is 5.74. The number of hydrogen-bond donors (Lipinski definition) is 3. The molecule has 2 unspecified atom stereocenters. The summed E-state index contributed by atoms with van der Waals surface area (Å²) in [5.74, 6) is 0.185. The highest BCUT2D eigenvalue weighted by Crippen LogP contribution is 2.35. The van der Waals surface area contributed by atoms with E-state index in [4.69, 9.17) is 16.6 Å². The summed E-state index contributed by atoms with van der Waals surface area (Å²) in [6.07, 6.45) is 1.70. The number of imidazole rings is 1. The van der Waals surface area contributed by atoms with Crippen LogP contribution in [0.3, 0.4) is 0 Å². The molecule has 1 fully saturated rings. The summed E-state index contributed by atoms with van der Waals surface area (Å²) in [4.78, 5) is 32.5. The summed E-state index contributed by atoms with van der Waals surface area (Å²) in [6.45, 7) is 9.77. The van der Waals surface area contributed by atoms with Crippen molar-refractivity contribution in [2.45, 2.75) is 71.6 Å². The van der Waals surface area contributed by atoms with Gasteiger partial charge >= 0.3 is 6.09 Å². The van der Waals surface area contributed by atoms with Crippen LogP contribution >= 0.6 is 11.6 Å². The van der Waals surface area contributed by atoms with E-state index in [0.29, 0.717) is 35.0 Å². The Balaban J connectivity index is 1.57. The molecular weight excluding hydrogens is 562 g/mol. The van der Waals surface area contributed by atoms with Crippen LogP contribution in [0.5, 0.6) is 0 Å². The quantitative estimate of drug-likeness (QED) is 0.186. The van der Waals surface area contributed by atoms with Crippen LogP contribution in [-0.4, -0.2) is 50.2 Å². The van der Waals surface area contributed by atoms with Crippen molar-refractivity contribution >= 4 is 40.6 Å². The van der Waals surface area contributed by atoms with E-state index in [1.54, 1.807) is 29.2 Å². The largest absolute Gasteiger partial charge is 0.465 e. The summed E-state index contributed by atoms with van der Waals surface area (Å²) in [6, 6.07) is 22.3. The van der Waals surface area contributed by atoms with Crippen molar-refractivity contribution in [2.75, 3.05) is 11.9 Å². The van der Waals surface area contributed by atoms with Gasteiger partial charge in [0.1, 0.15) is 0 Å². The van der Waals surface area contributed by atoms with E-state index in [1.165, 1.54) is 0 Å². The summed E-state index contributed by atoms with van der Waals surface area (Å²) in [5.41, 5.74) is 3.70. The molecule has 43 heavy (non-hydrogen) atoms. The Bertz CT molecular complexity index is 1570. The molecule has 0 aliphatic carbocycles. The number of carboxylic acid groups (broad SMARTS) is 1. The SMILES string of the molecule is C[C@H](N(C(=O)O)C(Cc1ccccc1)c1ccc2c(c1)nc(NC(=O)c1ccc(Cl)cc1)n2CC1CCCN1)C(C)(C)C. The van der Waals surface area contributed by atoms with Crippen molar-refractivity contribution in [3.8, 4) is 0 Å². The number of hydrogen-bond acceptors (Lipinski definition) is 4. The van der Waals surface area contributed by atoms with Gasteiger partial charge in [-0.2, -0.15) is 0 Å². The molecule has 226 valence electrons. The van der Waals surface area contributed by atoms with Gasteiger partial charge in [0.05, 0.1) is 17.1 Å². The number of halogens is 1. The molecule has 5 rings (SSSR count). The van der Waals surface area contributed by atoms with E-state index < -0.39 is 12.1 Å². The second-order valence-electron chi connectivity index (χ2n) is 12.5. The number of benzene rings is 3. The first kappa shape index (κ1) is 30.6. The molecule has 3 aromatic carbocycles. The molecule has 0 radical (unpaired) electrons. The zero-order valence-corrected chi connectivity index (χ0v) is 25.9. The maximum atomic E-state index is 13.2. The average molecular weight is 602 g/mol. The van der Waals surface area contributed by atoms with Crippen molar-refractivity contribution in [1.82, 2.24) is 19.8 Å². The van der Waals surface area contributed by atoms with E-state index in [9.17, 15) is 14.7 Å². The smallest absolute Gasteiger partial charge is 0.408 e. The van der Waals surface area contributed by atoms with Crippen molar-refractivity contribution in [2.24, 2.45) is 5.41 Å². The average Bonchev–Trinajstić information content (AvgIpc) is 3.60. The van der Waals surface area contributed by atoms with E-state index in [-0.39, 0.29) is 23.4 Å². The first-order valence-electron chi connectivity index (χ1n) is 14.9. The molecule has 8 nitrogen and oxygen atoms in total. The number of carbonyl (C=O) groups excluding carboxylic acids is 1. The minimum absolute atomic E-state index is 0.255. The highest BCUT2D eigenvalue weighted by molar-refractivity contribution is 6.30. The monoisotopic (exact) mass is 601 g/mol. The summed E-state index contributed by atoms with van der Waals surface area (Å²) in [7, 11) is 0. The van der Waals surface area contributed by atoms with Crippen molar-refractivity contribution in [3.63, 3.8) is 0 Å². The maximum Gasteiger partial charge on any atom is 0.408 e. The fourth-order valence-corrected chi connectivity index (χ4v) is 5.87. The van der Waals surface area contributed by atoms with Gasteiger partial charge in [0.25, 0.3) is 5.91 Å². The fraction of sp³-hybridized carbons (Fsp3) is 0.382. The topological polar surface area (TPSA) is 99.5 Å². The van der Waals surface area contributed by atoms with Gasteiger partial charge in [0.15, 0.2) is 0 Å². The van der Waals surface area contributed by atoms with Gasteiger partial charge in [-0.3, -0.25) is 15.0 Å². The third-order valence-corrected chi connectivity index (χ3v) is 8.81. The number of fused-ring (bicyclic) bond motifs is 1. The van der Waals surface area contributed by atoms with Crippen LogP contribution in [0.2, 0.25) is 5.02 Å². The Kier molecular flexibility index (Phi) is 9.08. The van der Waals surface area contributed by atoms with E-state index in [1.807, 2.05) is 55.5 Å². The zero-order valence-electron chi connectivity index (χ0n) is 25.2. The second kappa shape index (κ2) is 12.8. The van der Waals surface area contributed by atoms with Crippen LogP contribution in [0, 0.1) is 5.41 Å². The Hall–Kier alpha value is -3.88. The molecule has 0 saturated carbocycles. The number of carbonyl (C=O) groups is 2. The third kappa shape index (κ3) is 7.03. The van der Waals surface area contributed by atoms with E-state index >= 15 is 0 Å². The number of rotatable bonds is 9. The minimum Gasteiger partial charge on any atom is -0.465 e. The van der Waals surface area contributed by atoms with Crippen molar-refractivity contribution < 1.29 is 14.7 Å². The Morgan fingerprint density at radius 2 is 1.84 bits per heavy atom. The van der Waals surface area contributed by atoms with Gasteiger partial charge in [-0.05, 0) is 85.7 Å². The lowest BCUT2D eigenvalue weighted by atomic mass is 9.84. The highest BCUT2D eigenvalue weighted by atomic mass is 35.5. The molecule has 2 heterocycles. The second-order valence-corrected chi connectivity index (χ2v) is 12.9. The lowest BCUT2D eigenvalue weighted by molar-refractivity contribution is 0.0620. The lowest BCUT2D eigenvalue weighted by Gasteiger charge is -2.41. The molecule has 1 aromatic heterocycles. The maximum absolute atomic E-state index is 13.2. The highest BCUT2D eigenvalue weighted by Gasteiger charge is 2.36. The number of aromatic nitrogens is 2. The van der Waals surface area contributed by atoms with Crippen molar-refractivity contribution in [3.05, 3.63) is 94.5 Å². The molecular formula is C34H40ClN5O3. The molecule has 3 N–H and O–H groups in total. The molecule has 1 saturated heterocycles. The van der Waals surface area contributed by atoms with Gasteiger partial charge in [0, 0.05) is 29.2 Å². The Morgan fingerprint density at radius 1 is 1.12 bits per heavy atom. The van der Waals surface area contributed by atoms with Gasteiger partial charge in [-0.1, -0.05) is 68.8 Å². The molecule has 1 aliphatic heterocycles. The zero-order chi connectivity index (χ0) is 30.7. The number of nitrogens with one attached hydrogen (secondary N) is 2. The number of nitrogens with zero attached hydrogens (tertiary/aromatic N) is 3. The van der Waals surface area contributed by atoms with Crippen LogP contribution in [0.4, 0.5) is 10.7 Å². The molecule has 0 spiro atoms. The lowest BCUT2D eigenvalue weighted by Crippen LogP contribution is -2.47. The first-order chi connectivity index (χ1) is 20.5.